The molecule has 1 aliphatic rings. The van der Waals surface area contributed by atoms with Gasteiger partial charge >= 0.3 is 0 Å². The molecule has 0 radical (unpaired) electrons. The Morgan fingerprint density at radius 3 is 2.71 bits per heavy atom. The summed E-state index contributed by atoms with van der Waals surface area (Å²) in [5, 5.41) is 10.1. The lowest BCUT2D eigenvalue weighted by atomic mass is 10.0. The highest BCUT2D eigenvalue weighted by Gasteiger charge is 2.34. The second-order valence-corrected chi connectivity index (χ2v) is 6.13. The maximum Gasteiger partial charge on any atom is 0.146 e. The number of anilines is 1. The van der Waals surface area contributed by atoms with Gasteiger partial charge in [0.25, 0.3) is 0 Å². The van der Waals surface area contributed by atoms with Gasteiger partial charge in [0.05, 0.1) is 17.7 Å². The van der Waals surface area contributed by atoms with Crippen LogP contribution >= 0.6 is 0 Å². The van der Waals surface area contributed by atoms with E-state index in [0.29, 0.717) is 25.4 Å². The fourth-order valence-corrected chi connectivity index (χ4v) is 3.22. The van der Waals surface area contributed by atoms with Gasteiger partial charge in [-0.2, -0.15) is 0 Å². The number of nitrogens with two attached hydrogens (primary N) is 1. The van der Waals surface area contributed by atoms with Crippen molar-refractivity contribution in [2.75, 3.05) is 18.9 Å². The summed E-state index contributed by atoms with van der Waals surface area (Å²) in [6, 6.07) is 8.37. The topological polar surface area (TPSA) is 89.5 Å². The molecule has 1 fully saturated rings. The zero-order valence-electron chi connectivity index (χ0n) is 13.6. The summed E-state index contributed by atoms with van der Waals surface area (Å²) in [5.41, 5.74) is 11.4. The standard InChI is InChI=1S/C18H20N4O2/c1-11-3-5-12(6-4-11)14-15-17(19)20-10-21-18(15)22(7-2-8-23)16(14)13-9-24-13/h3-6,10,13,23H,2,7-9H2,1H3,(H2,19,20,21). The van der Waals surface area contributed by atoms with Crippen molar-refractivity contribution < 1.29 is 9.84 Å². The average Bonchev–Trinajstić information content (AvgIpc) is 3.36. The molecule has 0 bridgehead atoms. The Labute approximate surface area is 139 Å². The van der Waals surface area contributed by atoms with Crippen molar-refractivity contribution in [2.24, 2.45) is 0 Å². The predicted molar refractivity (Wildman–Crippen MR) is 92.5 cm³/mol. The third-order valence-electron chi connectivity index (χ3n) is 4.43. The van der Waals surface area contributed by atoms with Crippen LogP contribution in [0, 0.1) is 6.92 Å². The Morgan fingerprint density at radius 1 is 1.29 bits per heavy atom. The average molecular weight is 324 g/mol. The number of rotatable bonds is 5. The maximum atomic E-state index is 9.25. The number of hydrogen-bond donors (Lipinski definition) is 2. The molecular weight excluding hydrogens is 304 g/mol. The van der Waals surface area contributed by atoms with E-state index in [1.165, 1.54) is 11.9 Å². The van der Waals surface area contributed by atoms with Gasteiger partial charge in [-0.25, -0.2) is 9.97 Å². The first-order valence-electron chi connectivity index (χ1n) is 8.12. The smallest absolute Gasteiger partial charge is 0.146 e. The van der Waals surface area contributed by atoms with E-state index in [0.717, 1.165) is 27.9 Å². The number of aliphatic hydroxyl groups is 1. The lowest BCUT2D eigenvalue weighted by molar-refractivity contribution is 0.279. The summed E-state index contributed by atoms with van der Waals surface area (Å²) in [6.45, 7) is 3.56. The molecule has 3 heterocycles. The highest BCUT2D eigenvalue weighted by atomic mass is 16.6. The van der Waals surface area contributed by atoms with Crippen LogP contribution < -0.4 is 5.73 Å². The van der Waals surface area contributed by atoms with Gasteiger partial charge in [0.1, 0.15) is 23.9 Å². The molecule has 1 aliphatic heterocycles. The van der Waals surface area contributed by atoms with Crippen molar-refractivity contribution in [3.8, 4) is 11.1 Å². The molecule has 0 aliphatic carbocycles. The van der Waals surface area contributed by atoms with Crippen molar-refractivity contribution in [2.45, 2.75) is 26.0 Å². The van der Waals surface area contributed by atoms with E-state index >= 15 is 0 Å². The Bertz CT molecular complexity index is 882. The quantitative estimate of drug-likeness (QED) is 0.704. The number of aryl methyl sites for hydroxylation is 2. The number of epoxide rings is 1. The van der Waals surface area contributed by atoms with E-state index in [1.807, 2.05) is 0 Å². The van der Waals surface area contributed by atoms with E-state index in [-0.39, 0.29) is 12.7 Å². The highest BCUT2D eigenvalue weighted by molar-refractivity contribution is 6.02. The van der Waals surface area contributed by atoms with E-state index in [2.05, 4.69) is 45.7 Å². The minimum absolute atomic E-state index is 0.0496. The maximum absolute atomic E-state index is 9.25. The molecule has 6 nitrogen and oxygen atoms in total. The highest BCUT2D eigenvalue weighted by Crippen LogP contribution is 2.44. The van der Waals surface area contributed by atoms with Crippen LogP contribution in [0.5, 0.6) is 0 Å². The second-order valence-electron chi connectivity index (χ2n) is 6.13. The lowest BCUT2D eigenvalue weighted by Crippen LogP contribution is -2.06. The molecule has 3 aromatic rings. The Hall–Kier alpha value is -2.44. The molecule has 1 aromatic carbocycles. The molecule has 4 rings (SSSR count). The van der Waals surface area contributed by atoms with Crippen LogP contribution in [0.1, 0.15) is 23.8 Å². The van der Waals surface area contributed by atoms with Crippen molar-refractivity contribution in [1.82, 2.24) is 14.5 Å². The van der Waals surface area contributed by atoms with Gasteiger partial charge < -0.3 is 20.1 Å². The van der Waals surface area contributed by atoms with Crippen molar-refractivity contribution in [1.29, 1.82) is 0 Å². The van der Waals surface area contributed by atoms with Crippen LogP contribution in [0.15, 0.2) is 30.6 Å². The van der Waals surface area contributed by atoms with Crippen molar-refractivity contribution in [3.63, 3.8) is 0 Å². The number of nitrogen functional groups attached to an aromatic ring is 1. The van der Waals surface area contributed by atoms with Gasteiger partial charge in [-0.05, 0) is 18.9 Å². The molecule has 1 atom stereocenters. The number of hydrogen-bond acceptors (Lipinski definition) is 5. The van der Waals surface area contributed by atoms with E-state index in [4.69, 9.17) is 10.5 Å². The van der Waals surface area contributed by atoms with Crippen LogP contribution in [-0.4, -0.2) is 32.9 Å². The zero-order valence-corrected chi connectivity index (χ0v) is 13.6. The molecule has 2 aromatic heterocycles. The minimum Gasteiger partial charge on any atom is -0.396 e. The number of nitrogens with zero attached hydrogens (tertiary/aromatic N) is 3. The Morgan fingerprint density at radius 2 is 2.04 bits per heavy atom. The fourth-order valence-electron chi connectivity index (χ4n) is 3.22. The normalized spacial score (nSPS) is 16.7. The first kappa shape index (κ1) is 15.1. The van der Waals surface area contributed by atoms with E-state index in [9.17, 15) is 5.11 Å². The van der Waals surface area contributed by atoms with Crippen LogP contribution in [0.4, 0.5) is 5.82 Å². The number of fused-ring (bicyclic) bond motifs is 1. The molecular formula is C18H20N4O2. The molecule has 3 N–H and O–H groups in total. The summed E-state index contributed by atoms with van der Waals surface area (Å²) in [4.78, 5) is 8.65. The van der Waals surface area contributed by atoms with Gasteiger partial charge in [0.15, 0.2) is 0 Å². The zero-order chi connectivity index (χ0) is 16.7. The van der Waals surface area contributed by atoms with Crippen LogP contribution in [0.3, 0.4) is 0 Å². The molecule has 0 amide bonds. The SMILES string of the molecule is Cc1ccc(-c2c(C3CO3)n(CCCO)c3ncnc(N)c23)cc1. The monoisotopic (exact) mass is 324 g/mol. The van der Waals surface area contributed by atoms with E-state index < -0.39 is 0 Å². The summed E-state index contributed by atoms with van der Waals surface area (Å²) >= 11 is 0. The number of ether oxygens (including phenoxy) is 1. The first-order valence-corrected chi connectivity index (χ1v) is 8.12. The summed E-state index contributed by atoms with van der Waals surface area (Å²) in [5.74, 6) is 0.472. The van der Waals surface area contributed by atoms with E-state index in [1.54, 1.807) is 0 Å². The number of aliphatic hydroxyl groups excluding tert-OH is 1. The van der Waals surface area contributed by atoms with Gasteiger partial charge in [0.2, 0.25) is 0 Å². The van der Waals surface area contributed by atoms with Gasteiger partial charge in [0, 0.05) is 18.7 Å². The number of benzene rings is 1. The summed E-state index contributed by atoms with van der Waals surface area (Å²) in [7, 11) is 0. The largest absolute Gasteiger partial charge is 0.396 e. The predicted octanol–water partition coefficient (Wildman–Crippen LogP) is 2.44. The molecule has 1 saturated heterocycles. The summed E-state index contributed by atoms with van der Waals surface area (Å²) < 4.78 is 7.72. The Kier molecular flexibility index (Phi) is 3.70. The molecule has 0 saturated carbocycles. The molecule has 0 spiro atoms. The van der Waals surface area contributed by atoms with Crippen molar-refractivity contribution in [3.05, 3.63) is 41.9 Å². The molecule has 24 heavy (non-hydrogen) atoms. The Balaban J connectivity index is 2.02. The van der Waals surface area contributed by atoms with Gasteiger partial charge in [-0.3, -0.25) is 0 Å². The molecule has 6 heteroatoms. The summed E-state index contributed by atoms with van der Waals surface area (Å²) in [6.07, 6.45) is 2.19. The minimum atomic E-state index is 0.0496. The lowest BCUT2D eigenvalue weighted by Gasteiger charge is -2.09. The second kappa shape index (κ2) is 5.89. The fraction of sp³-hybridized carbons (Fsp3) is 0.333. The van der Waals surface area contributed by atoms with Crippen LogP contribution in [-0.2, 0) is 11.3 Å². The number of aromatic nitrogens is 3. The first-order chi connectivity index (χ1) is 11.7. The third-order valence-corrected chi connectivity index (χ3v) is 4.43. The van der Waals surface area contributed by atoms with Gasteiger partial charge in [-0.15, -0.1) is 0 Å². The van der Waals surface area contributed by atoms with Crippen LogP contribution in [0.2, 0.25) is 0 Å². The third kappa shape index (κ3) is 2.44. The van der Waals surface area contributed by atoms with Crippen molar-refractivity contribution >= 4 is 16.9 Å². The van der Waals surface area contributed by atoms with Gasteiger partial charge in [-0.1, -0.05) is 29.8 Å². The van der Waals surface area contributed by atoms with Crippen LogP contribution in [0.25, 0.3) is 22.2 Å². The molecule has 1 unspecified atom stereocenters. The molecule has 124 valence electrons.